The van der Waals surface area contributed by atoms with Crippen LogP contribution in [0.15, 0.2) is 42.5 Å². The molecule has 0 aliphatic rings. The number of nitrogens with one attached hydrogen (secondary N) is 2. The van der Waals surface area contributed by atoms with Crippen molar-refractivity contribution in [3.63, 3.8) is 0 Å². The topological polar surface area (TPSA) is 87.7 Å². The number of alkyl halides is 3. The molecular weight excluding hydrogens is 437 g/mol. The first-order valence-corrected chi connectivity index (χ1v) is 9.59. The van der Waals surface area contributed by atoms with Gasteiger partial charge in [0, 0.05) is 6.54 Å². The van der Waals surface area contributed by atoms with Crippen molar-refractivity contribution in [3.05, 3.63) is 58.6 Å². The van der Waals surface area contributed by atoms with E-state index in [0.717, 1.165) is 0 Å². The number of hydrogen-bond acceptors (Lipinski definition) is 4. The van der Waals surface area contributed by atoms with Gasteiger partial charge in [-0.25, -0.2) is 0 Å². The van der Waals surface area contributed by atoms with E-state index in [0.29, 0.717) is 27.6 Å². The minimum Gasteiger partial charge on any atom is -0.456 e. The Hall–Kier alpha value is -2.78. The zero-order valence-corrected chi connectivity index (χ0v) is 17.8. The molecule has 2 amide bonds. The van der Waals surface area contributed by atoms with Crippen molar-refractivity contribution in [3.8, 4) is 11.5 Å². The molecule has 0 heterocycles. The molecule has 6 nitrogen and oxygen atoms in total. The summed E-state index contributed by atoms with van der Waals surface area (Å²) in [4.78, 5) is 23.2. The van der Waals surface area contributed by atoms with E-state index in [1.165, 1.54) is 13.8 Å². The Morgan fingerprint density at radius 3 is 2.23 bits per heavy atom. The molecule has 0 bridgehead atoms. The number of ether oxygens (including phenoxy) is 1. The zero-order chi connectivity index (χ0) is 23.4. The van der Waals surface area contributed by atoms with Crippen LogP contribution in [0.3, 0.4) is 0 Å². The van der Waals surface area contributed by atoms with Crippen molar-refractivity contribution in [2.24, 2.45) is 0 Å². The summed E-state index contributed by atoms with van der Waals surface area (Å²) in [5.41, 5.74) is -0.433. The molecule has 1 atom stereocenters. The van der Waals surface area contributed by atoms with E-state index in [4.69, 9.17) is 16.3 Å². The van der Waals surface area contributed by atoms with Crippen LogP contribution in [0.4, 0.5) is 13.2 Å². The maximum atomic E-state index is 12.4. The molecule has 2 aromatic carbocycles. The number of benzene rings is 2. The van der Waals surface area contributed by atoms with Crippen molar-refractivity contribution in [1.29, 1.82) is 0 Å². The van der Waals surface area contributed by atoms with Crippen LogP contribution in [0, 0.1) is 0 Å². The number of halogens is 4. The van der Waals surface area contributed by atoms with Gasteiger partial charge in [0.2, 0.25) is 5.91 Å². The summed E-state index contributed by atoms with van der Waals surface area (Å²) in [7, 11) is 0. The van der Waals surface area contributed by atoms with Gasteiger partial charge < -0.3 is 20.5 Å². The van der Waals surface area contributed by atoms with E-state index in [1.54, 1.807) is 54.7 Å². The summed E-state index contributed by atoms with van der Waals surface area (Å²) >= 11 is 6.16. The van der Waals surface area contributed by atoms with Crippen LogP contribution in [-0.2, 0) is 16.1 Å². The molecule has 0 saturated carbocycles. The summed E-state index contributed by atoms with van der Waals surface area (Å²) in [5.74, 6) is -2.08. The average Bonchev–Trinajstić information content (AvgIpc) is 2.67. The van der Waals surface area contributed by atoms with Gasteiger partial charge in [-0.15, -0.1) is 0 Å². The lowest BCUT2D eigenvalue weighted by Gasteiger charge is -2.25. The molecule has 1 unspecified atom stereocenters. The molecule has 10 heteroatoms. The Kier molecular flexibility index (Phi) is 7.56. The quantitative estimate of drug-likeness (QED) is 0.578. The van der Waals surface area contributed by atoms with Crippen molar-refractivity contribution in [2.75, 3.05) is 0 Å². The molecule has 0 fully saturated rings. The number of rotatable bonds is 7. The normalized spacial score (nSPS) is 12.8. The van der Waals surface area contributed by atoms with E-state index < -0.39 is 29.6 Å². The first kappa shape index (κ1) is 24.5. The second-order valence-electron chi connectivity index (χ2n) is 7.37. The summed E-state index contributed by atoms with van der Waals surface area (Å²) in [6.45, 7) is 4.01. The van der Waals surface area contributed by atoms with Gasteiger partial charge in [0.1, 0.15) is 17.0 Å². The minimum atomic E-state index is -5.08. The first-order chi connectivity index (χ1) is 14.3. The van der Waals surface area contributed by atoms with Crippen LogP contribution in [0.5, 0.6) is 11.5 Å². The molecular formula is C21H22ClF3N2O4. The molecule has 0 saturated heterocycles. The fraction of sp³-hybridized carbons (Fsp3) is 0.333. The highest BCUT2D eigenvalue weighted by atomic mass is 35.5. The largest absolute Gasteiger partial charge is 0.471 e. The molecule has 0 radical (unpaired) electrons. The predicted octanol–water partition coefficient (Wildman–Crippen LogP) is 4.26. The molecule has 0 aromatic heterocycles. The minimum absolute atomic E-state index is 0.0360. The zero-order valence-electron chi connectivity index (χ0n) is 17.0. The fourth-order valence-electron chi connectivity index (χ4n) is 2.48. The van der Waals surface area contributed by atoms with E-state index >= 15 is 0 Å². The summed E-state index contributed by atoms with van der Waals surface area (Å²) in [6.07, 6.45) is -5.74. The van der Waals surface area contributed by atoms with Gasteiger partial charge in [-0.1, -0.05) is 29.8 Å². The number of amides is 2. The fourth-order valence-corrected chi connectivity index (χ4v) is 2.70. The third-order valence-electron chi connectivity index (χ3n) is 4.29. The molecule has 0 aliphatic heterocycles. The third-order valence-corrected chi connectivity index (χ3v) is 4.59. The molecule has 2 rings (SSSR count). The lowest BCUT2D eigenvalue weighted by molar-refractivity contribution is -0.176. The van der Waals surface area contributed by atoms with Crippen LogP contribution >= 0.6 is 11.6 Å². The monoisotopic (exact) mass is 458 g/mol. The lowest BCUT2D eigenvalue weighted by atomic mass is 10.0. The van der Waals surface area contributed by atoms with Crippen LogP contribution in [-0.4, -0.2) is 28.6 Å². The number of carbonyl (C=O) groups excluding carboxylic acids is 2. The van der Waals surface area contributed by atoms with Gasteiger partial charge in [0.15, 0.2) is 0 Å². The van der Waals surface area contributed by atoms with Gasteiger partial charge in [-0.3, -0.25) is 9.59 Å². The summed E-state index contributed by atoms with van der Waals surface area (Å²) < 4.78 is 42.9. The Morgan fingerprint density at radius 1 is 1.10 bits per heavy atom. The number of carbonyl (C=O) groups is 2. The van der Waals surface area contributed by atoms with E-state index in [9.17, 15) is 27.9 Å². The Morgan fingerprint density at radius 2 is 1.71 bits per heavy atom. The predicted molar refractivity (Wildman–Crippen MR) is 109 cm³/mol. The standard InChI is InChI=1S/C21H22ClF3N2O4/c1-12(28)14-6-9-17(16(22)10-14)31-15-7-4-13(5-8-15)11-26-18(29)20(2,3)27-19(30)21(23,24)25/h4-10,12,28H,11H2,1-3H3,(H,26,29)(H,27,30). The first-order valence-electron chi connectivity index (χ1n) is 9.21. The highest BCUT2D eigenvalue weighted by Gasteiger charge is 2.43. The molecule has 0 aliphatic carbocycles. The number of aliphatic hydroxyl groups is 1. The maximum absolute atomic E-state index is 12.4. The smallest absolute Gasteiger partial charge is 0.456 e. The van der Waals surface area contributed by atoms with Crippen molar-refractivity contribution in [2.45, 2.75) is 45.1 Å². The Bertz CT molecular complexity index is 945. The van der Waals surface area contributed by atoms with Gasteiger partial charge in [0.05, 0.1) is 11.1 Å². The van der Waals surface area contributed by atoms with Gasteiger partial charge >= 0.3 is 12.1 Å². The highest BCUT2D eigenvalue weighted by molar-refractivity contribution is 6.32. The second kappa shape index (κ2) is 9.57. The van der Waals surface area contributed by atoms with Crippen molar-refractivity contribution in [1.82, 2.24) is 10.6 Å². The van der Waals surface area contributed by atoms with Crippen LogP contribution < -0.4 is 15.4 Å². The third kappa shape index (κ3) is 6.86. The lowest BCUT2D eigenvalue weighted by Crippen LogP contribution is -2.57. The van der Waals surface area contributed by atoms with Gasteiger partial charge in [-0.05, 0) is 56.2 Å². The van der Waals surface area contributed by atoms with Gasteiger partial charge in [0.25, 0.3) is 0 Å². The Balaban J connectivity index is 1.95. The Labute approximate surface area is 182 Å². The number of aliphatic hydroxyl groups excluding tert-OH is 1. The molecule has 2 aromatic rings. The molecule has 3 N–H and O–H groups in total. The molecule has 31 heavy (non-hydrogen) atoms. The van der Waals surface area contributed by atoms with E-state index in [1.807, 2.05) is 0 Å². The van der Waals surface area contributed by atoms with Crippen molar-refractivity contribution < 1.29 is 32.6 Å². The van der Waals surface area contributed by atoms with Crippen LogP contribution in [0.2, 0.25) is 5.02 Å². The van der Waals surface area contributed by atoms with E-state index in [-0.39, 0.29) is 6.54 Å². The van der Waals surface area contributed by atoms with Crippen molar-refractivity contribution >= 4 is 23.4 Å². The van der Waals surface area contributed by atoms with Crippen LogP contribution in [0.1, 0.15) is 38.0 Å². The molecule has 168 valence electrons. The second-order valence-corrected chi connectivity index (χ2v) is 7.78. The maximum Gasteiger partial charge on any atom is 0.471 e. The van der Waals surface area contributed by atoms with Gasteiger partial charge in [-0.2, -0.15) is 13.2 Å². The highest BCUT2D eigenvalue weighted by Crippen LogP contribution is 2.31. The average molecular weight is 459 g/mol. The van der Waals surface area contributed by atoms with E-state index in [2.05, 4.69) is 5.32 Å². The van der Waals surface area contributed by atoms with Crippen LogP contribution in [0.25, 0.3) is 0 Å². The molecule has 0 spiro atoms. The summed E-state index contributed by atoms with van der Waals surface area (Å²) in [6, 6.07) is 11.5. The number of hydrogen-bond donors (Lipinski definition) is 3. The SMILES string of the molecule is CC(O)c1ccc(Oc2ccc(CNC(=O)C(C)(C)NC(=O)C(F)(F)F)cc2)c(Cl)c1. The summed E-state index contributed by atoms with van der Waals surface area (Å²) in [5, 5.41) is 14.1.